The summed E-state index contributed by atoms with van der Waals surface area (Å²) in [6, 6.07) is 18.6. The third-order valence-electron chi connectivity index (χ3n) is 9.57. The van der Waals surface area contributed by atoms with Crippen molar-refractivity contribution < 1.29 is 18.8 Å². The molecule has 1 saturated carbocycles. The minimum absolute atomic E-state index is 0.0455. The Morgan fingerprint density at radius 2 is 1.80 bits per heavy atom. The van der Waals surface area contributed by atoms with E-state index < -0.39 is 5.54 Å². The molecule has 186 valence electrons. The average Bonchev–Trinajstić information content (AvgIpc) is 3.39. The first-order chi connectivity index (χ1) is 17.0. The van der Waals surface area contributed by atoms with Gasteiger partial charge in [0.05, 0.1) is 19.0 Å². The summed E-state index contributed by atoms with van der Waals surface area (Å²) in [5, 5.41) is 0. The SMILES string of the molecule is Cc1ccc(OCC[N+]23CCC4C(C2)[C@@]4(OC(=O)[C@](C)(c2ccccc2)N2CCCCC2)C3)cc1. The zero-order valence-electron chi connectivity index (χ0n) is 21.2. The van der Waals surface area contributed by atoms with Gasteiger partial charge in [0.25, 0.3) is 0 Å². The van der Waals surface area contributed by atoms with E-state index in [0.717, 1.165) is 67.8 Å². The predicted octanol–water partition coefficient (Wildman–Crippen LogP) is 4.54. The summed E-state index contributed by atoms with van der Waals surface area (Å²) in [5.41, 5.74) is 1.32. The molecule has 4 heterocycles. The van der Waals surface area contributed by atoms with Crippen molar-refractivity contribution in [2.45, 2.75) is 50.7 Å². The van der Waals surface area contributed by atoms with Crippen molar-refractivity contribution in [1.82, 2.24) is 4.90 Å². The van der Waals surface area contributed by atoms with Gasteiger partial charge in [-0.05, 0) is 57.5 Å². The van der Waals surface area contributed by atoms with Gasteiger partial charge in [0, 0.05) is 12.3 Å². The van der Waals surface area contributed by atoms with Crippen LogP contribution in [0.4, 0.5) is 0 Å². The first-order valence-electron chi connectivity index (χ1n) is 13.5. The fraction of sp³-hybridized carbons (Fsp3) is 0.567. The fourth-order valence-corrected chi connectivity index (χ4v) is 7.39. The second kappa shape index (κ2) is 8.63. The Hall–Kier alpha value is -2.37. The van der Waals surface area contributed by atoms with E-state index in [1.54, 1.807) is 0 Å². The average molecular weight is 476 g/mol. The predicted molar refractivity (Wildman–Crippen MR) is 136 cm³/mol. The molecule has 2 aromatic carbocycles. The number of quaternary nitrogens is 1. The number of esters is 1. The number of ether oxygens (including phenoxy) is 2. The summed E-state index contributed by atoms with van der Waals surface area (Å²) in [7, 11) is 0. The maximum Gasteiger partial charge on any atom is 0.331 e. The van der Waals surface area contributed by atoms with Gasteiger partial charge in [0.1, 0.15) is 31.0 Å². The van der Waals surface area contributed by atoms with Crippen LogP contribution in [0.3, 0.4) is 0 Å². The monoisotopic (exact) mass is 475 g/mol. The number of carbonyl (C=O) groups excluding carboxylic acids is 1. The lowest BCUT2D eigenvalue weighted by Gasteiger charge is -2.44. The number of hydrogen-bond acceptors (Lipinski definition) is 4. The van der Waals surface area contributed by atoms with Gasteiger partial charge < -0.3 is 14.0 Å². The molecule has 7 rings (SSSR count). The molecule has 0 amide bonds. The summed E-state index contributed by atoms with van der Waals surface area (Å²) >= 11 is 0. The molecular weight excluding hydrogens is 436 g/mol. The van der Waals surface area contributed by atoms with E-state index in [0.29, 0.717) is 18.4 Å². The second-order valence-corrected chi connectivity index (χ2v) is 11.6. The normalized spacial score (nSPS) is 33.1. The number of nitrogens with zero attached hydrogens (tertiary/aromatic N) is 2. The van der Waals surface area contributed by atoms with Crippen LogP contribution in [0.1, 0.15) is 43.7 Å². The molecule has 5 fully saturated rings. The first-order valence-corrected chi connectivity index (χ1v) is 13.5. The van der Waals surface area contributed by atoms with Gasteiger partial charge in [0.15, 0.2) is 5.60 Å². The Labute approximate surface area is 209 Å². The van der Waals surface area contributed by atoms with Gasteiger partial charge in [-0.15, -0.1) is 0 Å². The highest BCUT2D eigenvalue weighted by Gasteiger charge is 2.81. The van der Waals surface area contributed by atoms with Crippen LogP contribution >= 0.6 is 0 Å². The molecule has 35 heavy (non-hydrogen) atoms. The fourth-order valence-electron chi connectivity index (χ4n) is 7.39. The van der Waals surface area contributed by atoms with E-state index >= 15 is 0 Å². The molecule has 0 aromatic heterocycles. The van der Waals surface area contributed by atoms with Crippen LogP contribution in [0.2, 0.25) is 0 Å². The van der Waals surface area contributed by atoms with Gasteiger partial charge in [-0.3, -0.25) is 4.90 Å². The van der Waals surface area contributed by atoms with Crippen molar-refractivity contribution in [2.75, 3.05) is 45.9 Å². The molecule has 0 spiro atoms. The van der Waals surface area contributed by atoms with Gasteiger partial charge in [-0.1, -0.05) is 54.4 Å². The summed E-state index contributed by atoms with van der Waals surface area (Å²) in [4.78, 5) is 16.4. The van der Waals surface area contributed by atoms with Crippen LogP contribution in [-0.2, 0) is 15.1 Å². The van der Waals surface area contributed by atoms with Crippen molar-refractivity contribution in [1.29, 1.82) is 0 Å². The smallest absolute Gasteiger partial charge is 0.331 e. The minimum atomic E-state index is -0.722. The minimum Gasteiger partial charge on any atom is -0.488 e. The van der Waals surface area contributed by atoms with Crippen LogP contribution in [0.25, 0.3) is 0 Å². The van der Waals surface area contributed by atoms with Crippen LogP contribution < -0.4 is 4.74 Å². The number of carbonyl (C=O) groups is 1. The van der Waals surface area contributed by atoms with Gasteiger partial charge >= 0.3 is 5.97 Å². The molecule has 2 aromatic rings. The number of piperidine rings is 4. The Morgan fingerprint density at radius 3 is 2.54 bits per heavy atom. The van der Waals surface area contributed by atoms with E-state index in [1.165, 1.54) is 18.5 Å². The molecule has 4 saturated heterocycles. The molecule has 5 heteroatoms. The van der Waals surface area contributed by atoms with Crippen molar-refractivity contribution in [2.24, 2.45) is 11.8 Å². The maximum atomic E-state index is 14.1. The molecule has 4 bridgehead atoms. The quantitative estimate of drug-likeness (QED) is 0.415. The molecular formula is C30H39N2O3+. The zero-order chi connectivity index (χ0) is 24.1. The van der Waals surface area contributed by atoms with E-state index in [4.69, 9.17) is 9.47 Å². The Bertz CT molecular complexity index is 1070. The van der Waals surface area contributed by atoms with Crippen molar-refractivity contribution in [3.8, 4) is 5.75 Å². The highest BCUT2D eigenvalue weighted by atomic mass is 16.6. The lowest BCUT2D eigenvalue weighted by atomic mass is 9.88. The van der Waals surface area contributed by atoms with Gasteiger partial charge in [0.2, 0.25) is 0 Å². The number of benzene rings is 2. The lowest BCUT2D eigenvalue weighted by molar-refractivity contribution is -0.930. The second-order valence-electron chi connectivity index (χ2n) is 11.6. The number of hydrogen-bond donors (Lipinski definition) is 0. The summed E-state index contributed by atoms with van der Waals surface area (Å²) in [5.74, 6) is 1.96. The summed E-state index contributed by atoms with van der Waals surface area (Å²) < 4.78 is 13.8. The van der Waals surface area contributed by atoms with Crippen molar-refractivity contribution in [3.63, 3.8) is 0 Å². The molecule has 3 unspecified atom stereocenters. The maximum absolute atomic E-state index is 14.1. The third kappa shape index (κ3) is 3.88. The number of fused-ring (bicyclic) bond motifs is 1. The van der Waals surface area contributed by atoms with E-state index in [1.807, 2.05) is 18.2 Å². The van der Waals surface area contributed by atoms with Crippen molar-refractivity contribution >= 4 is 5.97 Å². The highest BCUT2D eigenvalue weighted by Crippen LogP contribution is 2.65. The topological polar surface area (TPSA) is 38.8 Å². The molecule has 5 aliphatic rings. The number of rotatable bonds is 8. The Balaban J connectivity index is 1.16. The van der Waals surface area contributed by atoms with Crippen LogP contribution in [-0.4, -0.2) is 66.8 Å². The van der Waals surface area contributed by atoms with Crippen molar-refractivity contribution in [3.05, 3.63) is 65.7 Å². The Morgan fingerprint density at radius 1 is 1.06 bits per heavy atom. The van der Waals surface area contributed by atoms with E-state index in [-0.39, 0.29) is 11.6 Å². The molecule has 4 aliphatic heterocycles. The molecule has 0 N–H and O–H groups in total. The van der Waals surface area contributed by atoms with Gasteiger partial charge in [-0.2, -0.15) is 0 Å². The largest absolute Gasteiger partial charge is 0.488 e. The molecule has 0 radical (unpaired) electrons. The third-order valence-corrected chi connectivity index (χ3v) is 9.57. The molecule has 5 nitrogen and oxygen atoms in total. The Kier molecular flexibility index (Phi) is 5.69. The summed E-state index contributed by atoms with van der Waals surface area (Å²) in [6.07, 6.45) is 4.70. The first kappa shape index (κ1) is 23.1. The zero-order valence-corrected chi connectivity index (χ0v) is 21.2. The van der Waals surface area contributed by atoms with E-state index in [2.05, 4.69) is 55.1 Å². The van der Waals surface area contributed by atoms with Crippen LogP contribution in [0.5, 0.6) is 5.75 Å². The highest BCUT2D eigenvalue weighted by molar-refractivity contribution is 5.83. The molecule has 5 atom stereocenters. The standard InChI is InChI=1S/C30H39N2O3/c1-23-11-13-25(14-12-23)34-20-19-32-18-15-26-27(21-32)30(26,22-32)35-28(33)29(2,24-9-5-3-6-10-24)31-16-7-4-8-17-31/h3,5-6,9-14,26-27H,4,7-8,15-22H2,1-2H3/q+1/t26?,27?,29-,30+,32?/m0/s1. The number of likely N-dealkylation sites (tertiary alicyclic amines) is 1. The lowest BCUT2D eigenvalue weighted by Crippen LogP contribution is -2.58. The summed E-state index contributed by atoms with van der Waals surface area (Å²) in [6.45, 7) is 11.1. The van der Waals surface area contributed by atoms with Crippen LogP contribution in [0.15, 0.2) is 54.6 Å². The van der Waals surface area contributed by atoms with Gasteiger partial charge in [-0.25, -0.2) is 4.79 Å². The van der Waals surface area contributed by atoms with E-state index in [9.17, 15) is 4.79 Å². The molecule has 1 aliphatic carbocycles. The number of aryl methyl sites for hydroxylation is 1. The van der Waals surface area contributed by atoms with Crippen LogP contribution in [0, 0.1) is 18.8 Å².